The van der Waals surface area contributed by atoms with E-state index in [2.05, 4.69) is 5.32 Å². The van der Waals surface area contributed by atoms with Gasteiger partial charge >= 0.3 is 0 Å². The van der Waals surface area contributed by atoms with Crippen LogP contribution in [0.5, 0.6) is 0 Å². The summed E-state index contributed by atoms with van der Waals surface area (Å²) in [5, 5.41) is 13.8. The number of nitrogens with zero attached hydrogens (tertiary/aromatic N) is 2. The van der Waals surface area contributed by atoms with Gasteiger partial charge in [0.05, 0.1) is 15.9 Å². The lowest BCUT2D eigenvalue weighted by molar-refractivity contribution is -0.384. The minimum absolute atomic E-state index is 0.0265. The fourth-order valence-electron chi connectivity index (χ4n) is 2.85. The van der Waals surface area contributed by atoms with Crippen molar-refractivity contribution in [2.24, 2.45) is 0 Å². The van der Waals surface area contributed by atoms with E-state index >= 15 is 0 Å². The zero-order chi connectivity index (χ0) is 18.0. The first-order chi connectivity index (χ1) is 11.9. The summed E-state index contributed by atoms with van der Waals surface area (Å²) in [5.41, 5.74) is 0.374. The van der Waals surface area contributed by atoms with E-state index < -0.39 is 26.8 Å². The third-order valence-electron chi connectivity index (χ3n) is 4.08. The molecule has 25 heavy (non-hydrogen) atoms. The Hall–Kier alpha value is -2.36. The number of non-ortho nitro benzene ring substituents is 1. The quantitative estimate of drug-likeness (QED) is 0.661. The van der Waals surface area contributed by atoms with Gasteiger partial charge in [-0.05, 0) is 29.8 Å². The van der Waals surface area contributed by atoms with Gasteiger partial charge in [-0.15, -0.1) is 0 Å². The van der Waals surface area contributed by atoms with Crippen LogP contribution in [-0.4, -0.2) is 37.3 Å². The van der Waals surface area contributed by atoms with E-state index in [1.54, 1.807) is 6.07 Å². The van der Waals surface area contributed by atoms with Gasteiger partial charge in [0.15, 0.2) is 0 Å². The molecule has 3 rings (SSSR count). The average molecular weight is 365 g/mol. The second-order valence-corrected chi connectivity index (χ2v) is 7.53. The molecular weight excluding hydrogens is 349 g/mol. The normalized spacial score (nSPS) is 18.8. The van der Waals surface area contributed by atoms with Crippen molar-refractivity contribution in [3.05, 3.63) is 70.0 Å². The monoisotopic (exact) mass is 365 g/mol. The van der Waals surface area contributed by atoms with Crippen molar-refractivity contribution in [3.8, 4) is 0 Å². The minimum atomic E-state index is -3.87. The van der Waals surface area contributed by atoms with Crippen molar-refractivity contribution < 1.29 is 17.7 Å². The van der Waals surface area contributed by atoms with E-state index in [1.807, 2.05) is 0 Å². The Labute approximate surface area is 144 Å². The van der Waals surface area contributed by atoms with Gasteiger partial charge in [-0.1, -0.05) is 12.1 Å². The molecule has 0 saturated carbocycles. The highest BCUT2D eigenvalue weighted by atomic mass is 32.2. The number of halogens is 1. The number of sulfonamides is 1. The molecule has 0 radical (unpaired) electrons. The number of hydrogen-bond acceptors (Lipinski definition) is 5. The maximum Gasteiger partial charge on any atom is 0.269 e. The summed E-state index contributed by atoms with van der Waals surface area (Å²) in [4.78, 5) is 10.1. The molecule has 1 unspecified atom stereocenters. The summed E-state index contributed by atoms with van der Waals surface area (Å²) < 4.78 is 40.8. The zero-order valence-electron chi connectivity index (χ0n) is 13.1. The van der Waals surface area contributed by atoms with Crippen molar-refractivity contribution >= 4 is 15.7 Å². The molecule has 1 saturated heterocycles. The van der Waals surface area contributed by atoms with E-state index in [9.17, 15) is 22.9 Å². The number of nitrogens with one attached hydrogen (secondary N) is 1. The van der Waals surface area contributed by atoms with Crippen molar-refractivity contribution in [2.75, 3.05) is 19.6 Å². The lowest BCUT2D eigenvalue weighted by Gasteiger charge is -2.35. The topological polar surface area (TPSA) is 92.5 Å². The molecule has 0 spiro atoms. The molecule has 1 atom stereocenters. The summed E-state index contributed by atoms with van der Waals surface area (Å²) in [5.74, 6) is -0.434. The molecule has 1 heterocycles. The zero-order valence-corrected chi connectivity index (χ0v) is 13.9. The highest BCUT2D eigenvalue weighted by Crippen LogP contribution is 2.29. The van der Waals surface area contributed by atoms with Gasteiger partial charge in [-0.25, -0.2) is 12.8 Å². The Balaban J connectivity index is 1.97. The molecule has 1 aliphatic heterocycles. The SMILES string of the molecule is O=[N+]([O-])c1ccc(S(=O)(=O)N2CCNCC2c2cccc(F)c2)cc1. The summed E-state index contributed by atoms with van der Waals surface area (Å²) in [6.45, 7) is 1.05. The number of nitro groups is 1. The van der Waals surface area contributed by atoms with Gasteiger partial charge in [0.25, 0.3) is 5.69 Å². The minimum Gasteiger partial charge on any atom is -0.313 e. The smallest absolute Gasteiger partial charge is 0.269 e. The Morgan fingerprint density at radius 2 is 1.92 bits per heavy atom. The van der Waals surface area contributed by atoms with E-state index in [0.29, 0.717) is 18.7 Å². The van der Waals surface area contributed by atoms with Crippen LogP contribution in [0.25, 0.3) is 0 Å². The lowest BCUT2D eigenvalue weighted by Crippen LogP contribution is -2.48. The van der Waals surface area contributed by atoms with Crippen LogP contribution in [0.3, 0.4) is 0 Å². The van der Waals surface area contributed by atoms with Crippen LogP contribution in [0.2, 0.25) is 0 Å². The average Bonchev–Trinajstić information content (AvgIpc) is 2.62. The number of rotatable bonds is 4. The highest BCUT2D eigenvalue weighted by Gasteiger charge is 2.34. The molecule has 1 aliphatic rings. The van der Waals surface area contributed by atoms with Crippen molar-refractivity contribution in [2.45, 2.75) is 10.9 Å². The van der Waals surface area contributed by atoms with Gasteiger partial charge in [0.2, 0.25) is 10.0 Å². The van der Waals surface area contributed by atoms with E-state index in [-0.39, 0.29) is 17.1 Å². The van der Waals surface area contributed by atoms with Crippen molar-refractivity contribution in [3.63, 3.8) is 0 Å². The summed E-state index contributed by atoms with van der Waals surface area (Å²) >= 11 is 0. The summed E-state index contributed by atoms with van der Waals surface area (Å²) in [7, 11) is -3.87. The largest absolute Gasteiger partial charge is 0.313 e. The molecule has 2 aromatic carbocycles. The second-order valence-electron chi connectivity index (χ2n) is 5.64. The Kier molecular flexibility index (Phi) is 4.80. The Morgan fingerprint density at radius 3 is 2.56 bits per heavy atom. The van der Waals surface area contributed by atoms with Gasteiger partial charge in [0.1, 0.15) is 5.82 Å². The molecule has 132 valence electrons. The Bertz CT molecular complexity index is 887. The predicted molar refractivity (Wildman–Crippen MR) is 89.0 cm³/mol. The number of hydrogen-bond donors (Lipinski definition) is 1. The maximum absolute atomic E-state index is 13.5. The maximum atomic E-state index is 13.5. The molecule has 0 aliphatic carbocycles. The first-order valence-electron chi connectivity index (χ1n) is 7.62. The van der Waals surface area contributed by atoms with Gasteiger partial charge in [-0.3, -0.25) is 10.1 Å². The summed E-state index contributed by atoms with van der Waals surface area (Å²) in [6, 6.07) is 10.0. The van der Waals surface area contributed by atoms with Crippen LogP contribution in [0.15, 0.2) is 53.4 Å². The van der Waals surface area contributed by atoms with Crippen molar-refractivity contribution in [1.29, 1.82) is 0 Å². The first kappa shape index (κ1) is 17.5. The third-order valence-corrected chi connectivity index (χ3v) is 6.00. The van der Waals surface area contributed by atoms with Crippen molar-refractivity contribution in [1.82, 2.24) is 9.62 Å². The lowest BCUT2D eigenvalue weighted by atomic mass is 10.1. The van der Waals surface area contributed by atoms with Crippen LogP contribution in [0.1, 0.15) is 11.6 Å². The molecule has 7 nitrogen and oxygen atoms in total. The van der Waals surface area contributed by atoms with Crippen LogP contribution in [0, 0.1) is 15.9 Å². The number of nitro benzene ring substituents is 1. The number of benzene rings is 2. The molecular formula is C16H16FN3O4S. The molecule has 0 amide bonds. The molecule has 9 heteroatoms. The van der Waals surface area contributed by atoms with E-state index in [0.717, 1.165) is 12.1 Å². The third kappa shape index (κ3) is 3.53. The summed E-state index contributed by atoms with van der Waals surface area (Å²) in [6.07, 6.45) is 0. The molecule has 0 aromatic heterocycles. The first-order valence-corrected chi connectivity index (χ1v) is 9.06. The van der Waals surface area contributed by atoms with E-state index in [4.69, 9.17) is 0 Å². The fraction of sp³-hybridized carbons (Fsp3) is 0.250. The van der Waals surface area contributed by atoms with Gasteiger partial charge < -0.3 is 5.32 Å². The van der Waals surface area contributed by atoms with Crippen LogP contribution in [0.4, 0.5) is 10.1 Å². The highest BCUT2D eigenvalue weighted by molar-refractivity contribution is 7.89. The van der Waals surface area contributed by atoms with Crippen LogP contribution in [-0.2, 0) is 10.0 Å². The number of piperazine rings is 1. The van der Waals surface area contributed by atoms with Gasteiger partial charge in [0, 0.05) is 31.8 Å². The second kappa shape index (κ2) is 6.87. The molecule has 2 aromatic rings. The van der Waals surface area contributed by atoms with E-state index in [1.165, 1.54) is 34.6 Å². The predicted octanol–water partition coefficient (Wildman–Crippen LogP) is 2.07. The molecule has 0 bridgehead atoms. The Morgan fingerprint density at radius 1 is 1.20 bits per heavy atom. The molecule has 1 fully saturated rings. The standard InChI is InChI=1S/C16H16FN3O4S/c17-13-3-1-2-12(10-13)16-11-18-8-9-19(16)25(23,24)15-6-4-14(5-7-15)20(21)22/h1-7,10,16,18H,8-9,11H2. The van der Waals surface area contributed by atoms with Gasteiger partial charge in [-0.2, -0.15) is 4.31 Å². The fourth-order valence-corrected chi connectivity index (χ4v) is 4.46. The van der Waals surface area contributed by atoms with Crippen LogP contribution >= 0.6 is 0 Å². The molecule has 1 N–H and O–H groups in total. The van der Waals surface area contributed by atoms with Crippen LogP contribution < -0.4 is 5.32 Å².